The molecule has 0 aromatic carbocycles. The van der Waals surface area contributed by atoms with E-state index in [1.165, 1.54) is 6.34 Å². The van der Waals surface area contributed by atoms with Gasteiger partial charge in [0.05, 0.1) is 0 Å². The number of hydrogen-bond acceptors (Lipinski definition) is 3. The second-order valence-electron chi connectivity index (χ2n) is 0.853. The molecule has 0 aliphatic heterocycles. The Bertz CT molecular complexity index is 47.5. The fourth-order valence-electron chi connectivity index (χ4n) is 0.0957. The summed E-state index contributed by atoms with van der Waals surface area (Å²) in [7, 11) is 3.29. The van der Waals surface area contributed by atoms with E-state index >= 15 is 0 Å². The highest BCUT2D eigenvalue weighted by Crippen LogP contribution is 1.19. The molecule has 0 amide bonds. The lowest BCUT2D eigenvalue weighted by Gasteiger charge is -1.99. The zero-order valence-electron chi connectivity index (χ0n) is 3.39. The van der Waals surface area contributed by atoms with Crippen LogP contribution in [-0.4, -0.2) is 6.34 Å². The van der Waals surface area contributed by atoms with Crippen LogP contribution < -0.4 is 16.7 Å². The number of hydrogen-bond donors (Lipinski definition) is 3. The van der Waals surface area contributed by atoms with Gasteiger partial charge in [0.25, 0.3) is 0 Å². The lowest BCUT2D eigenvalue weighted by molar-refractivity contribution is -0.759. The van der Waals surface area contributed by atoms with Gasteiger partial charge in [0.15, 0.2) is 6.34 Å². The summed E-state index contributed by atoms with van der Waals surface area (Å²) in [6.45, 7) is 0. The third-order valence-corrected chi connectivity index (χ3v) is 0.240. The van der Waals surface area contributed by atoms with Gasteiger partial charge in [0.2, 0.25) is 0 Å². The predicted molar refractivity (Wildman–Crippen MR) is 23.2 cm³/mol. The zero-order chi connectivity index (χ0) is 4.99. The maximum atomic E-state index is 4.98. The highest BCUT2D eigenvalue weighted by Gasteiger charge is 1.67. The van der Waals surface area contributed by atoms with Crippen LogP contribution in [0.2, 0.25) is 0 Å². The number of nitrogens with two attached hydrogens (primary N) is 2. The van der Waals surface area contributed by atoms with Crippen LogP contribution in [0.1, 0.15) is 0 Å². The van der Waals surface area contributed by atoms with Crippen molar-refractivity contribution in [3.8, 4) is 0 Å². The molecular formula is C2H8N4. The Morgan fingerprint density at radius 1 is 1.83 bits per heavy atom. The van der Waals surface area contributed by atoms with E-state index < -0.39 is 0 Å². The standard InChI is InChI=1S/C2H8N4/c1-6(4)2-5-3/h2,6H,1,3-4H2/b5-2-. The molecule has 1 atom stereocenters. The Balaban J connectivity index is 3.03. The summed E-state index contributed by atoms with van der Waals surface area (Å²) >= 11 is 0. The van der Waals surface area contributed by atoms with E-state index in [4.69, 9.17) is 5.84 Å². The van der Waals surface area contributed by atoms with Crippen molar-refractivity contribution >= 4 is 6.34 Å². The molecular weight excluding hydrogens is 80.1 g/mol. The lowest BCUT2D eigenvalue weighted by atomic mass is 11.1. The van der Waals surface area contributed by atoms with Gasteiger partial charge in [-0.2, -0.15) is 0 Å². The molecule has 6 heavy (non-hydrogen) atoms. The topological polar surface area (TPSA) is 68.8 Å². The first-order valence-corrected chi connectivity index (χ1v) is 1.45. The molecule has 4 heteroatoms. The van der Waals surface area contributed by atoms with Crippen LogP contribution in [-0.2, 0) is 0 Å². The quantitative estimate of drug-likeness (QED) is 0.108. The van der Waals surface area contributed by atoms with E-state index in [-0.39, 0.29) is 0 Å². The molecule has 1 unspecified atom stereocenters. The van der Waals surface area contributed by atoms with Crippen LogP contribution in [0.5, 0.6) is 0 Å². The van der Waals surface area contributed by atoms with Crippen LogP contribution in [0, 0.1) is 7.05 Å². The first-order valence-electron chi connectivity index (χ1n) is 1.45. The largest absolute Gasteiger partial charge is 0.347 e. The van der Waals surface area contributed by atoms with Gasteiger partial charge in [-0.3, -0.25) is 0 Å². The average Bonchev–Trinajstić information content (AvgIpc) is 1.35. The van der Waals surface area contributed by atoms with Crippen molar-refractivity contribution in [2.24, 2.45) is 16.8 Å². The Kier molecular flexibility index (Phi) is 2.35. The number of quaternary nitrogens is 1. The highest BCUT2D eigenvalue weighted by molar-refractivity contribution is 5.41. The summed E-state index contributed by atoms with van der Waals surface area (Å²) in [6, 6.07) is 0. The minimum absolute atomic E-state index is 0.373. The average molecular weight is 88.1 g/mol. The SMILES string of the molecule is [CH2-][NH+](N)/C=N\N. The van der Waals surface area contributed by atoms with Gasteiger partial charge >= 0.3 is 0 Å². The highest BCUT2D eigenvalue weighted by atomic mass is 15.4. The summed E-state index contributed by atoms with van der Waals surface area (Å²) in [4.78, 5) is 0. The van der Waals surface area contributed by atoms with Crippen molar-refractivity contribution in [2.75, 3.05) is 0 Å². The minimum Gasteiger partial charge on any atom is -0.347 e. The molecule has 0 saturated carbocycles. The molecule has 5 N–H and O–H groups in total. The van der Waals surface area contributed by atoms with E-state index in [0.717, 1.165) is 0 Å². The summed E-state index contributed by atoms with van der Waals surface area (Å²) in [5, 5.41) is 3.46. The predicted octanol–water partition coefficient (Wildman–Crippen LogP) is -2.56. The molecule has 0 aromatic heterocycles. The van der Waals surface area contributed by atoms with E-state index in [1.807, 2.05) is 0 Å². The smallest absolute Gasteiger partial charge is 0.197 e. The van der Waals surface area contributed by atoms with Crippen molar-refractivity contribution in [1.29, 1.82) is 0 Å². The van der Waals surface area contributed by atoms with Crippen LogP contribution >= 0.6 is 0 Å². The van der Waals surface area contributed by atoms with Crippen molar-refractivity contribution in [3.05, 3.63) is 7.05 Å². The Morgan fingerprint density at radius 2 is 2.33 bits per heavy atom. The maximum Gasteiger partial charge on any atom is 0.197 e. The second-order valence-corrected chi connectivity index (χ2v) is 0.853. The van der Waals surface area contributed by atoms with Gasteiger partial charge < -0.3 is 10.9 Å². The first kappa shape index (κ1) is 5.39. The molecule has 0 saturated heterocycles. The molecule has 0 aromatic rings. The molecule has 0 rings (SSSR count). The second kappa shape index (κ2) is 2.62. The van der Waals surface area contributed by atoms with Gasteiger partial charge in [0, 0.05) is 0 Å². The van der Waals surface area contributed by atoms with Crippen molar-refractivity contribution in [3.63, 3.8) is 0 Å². The number of hydrazone groups is 1. The first-order chi connectivity index (χ1) is 2.77. The van der Waals surface area contributed by atoms with Crippen LogP contribution in [0.3, 0.4) is 0 Å². The van der Waals surface area contributed by atoms with Crippen LogP contribution in [0.4, 0.5) is 0 Å². The summed E-state index contributed by atoms with van der Waals surface area (Å²) in [6.07, 6.45) is 1.28. The molecule has 0 radical (unpaired) electrons. The van der Waals surface area contributed by atoms with E-state index in [1.54, 1.807) is 0 Å². The summed E-state index contributed by atoms with van der Waals surface area (Å²) < 4.78 is 0. The number of nitrogens with one attached hydrogen (secondary N) is 1. The summed E-state index contributed by atoms with van der Waals surface area (Å²) in [5.41, 5.74) is 0. The van der Waals surface area contributed by atoms with Gasteiger partial charge in [-0.05, 0) is 0 Å². The molecule has 4 nitrogen and oxygen atoms in total. The monoisotopic (exact) mass is 88.1 g/mol. The van der Waals surface area contributed by atoms with Gasteiger partial charge in [0.1, 0.15) is 0 Å². The molecule has 0 fully saturated rings. The summed E-state index contributed by atoms with van der Waals surface area (Å²) in [5.74, 6) is 9.64. The van der Waals surface area contributed by atoms with Gasteiger partial charge in [-0.1, -0.05) is 0 Å². The normalized spacial score (nSPS) is 15.7. The molecule has 36 valence electrons. The third-order valence-electron chi connectivity index (χ3n) is 0.240. The van der Waals surface area contributed by atoms with E-state index in [2.05, 4.69) is 18.0 Å². The number of rotatable bonds is 1. The Morgan fingerprint density at radius 3 is 2.33 bits per heavy atom. The van der Waals surface area contributed by atoms with Crippen molar-refractivity contribution in [1.82, 2.24) is 0 Å². The molecule has 0 spiro atoms. The van der Waals surface area contributed by atoms with Crippen LogP contribution in [0.15, 0.2) is 5.10 Å². The van der Waals surface area contributed by atoms with Crippen molar-refractivity contribution < 1.29 is 5.01 Å². The maximum absolute atomic E-state index is 4.98. The van der Waals surface area contributed by atoms with Crippen molar-refractivity contribution in [2.45, 2.75) is 0 Å². The molecule has 0 heterocycles. The lowest BCUT2D eigenvalue weighted by Crippen LogP contribution is -3.12. The van der Waals surface area contributed by atoms with Crippen LogP contribution in [0.25, 0.3) is 0 Å². The van der Waals surface area contributed by atoms with Gasteiger partial charge in [-0.25, -0.2) is 5.84 Å². The fourth-order valence-corrected chi connectivity index (χ4v) is 0.0957. The third kappa shape index (κ3) is 3.39. The molecule has 0 aliphatic carbocycles. The Hall–Kier alpha value is -0.610. The minimum atomic E-state index is 0.373. The van der Waals surface area contributed by atoms with Gasteiger partial charge in [-0.15, -0.1) is 12.1 Å². The molecule has 0 aliphatic rings. The molecule has 0 bridgehead atoms. The Labute approximate surface area is 36.4 Å². The fraction of sp³-hybridized carbons (Fsp3) is 0. The zero-order valence-corrected chi connectivity index (χ0v) is 3.39. The van der Waals surface area contributed by atoms with E-state index in [0.29, 0.717) is 5.01 Å². The number of nitrogens with zero attached hydrogens (tertiary/aromatic N) is 1. The van der Waals surface area contributed by atoms with E-state index in [9.17, 15) is 0 Å².